The number of alkyl halides is 3. The van der Waals surface area contributed by atoms with Crippen LogP contribution in [-0.4, -0.2) is 51.9 Å². The van der Waals surface area contributed by atoms with Crippen LogP contribution in [0.25, 0.3) is 10.9 Å². The van der Waals surface area contributed by atoms with Gasteiger partial charge in [-0.1, -0.05) is 29.8 Å². The third kappa shape index (κ3) is 7.08. The molecule has 1 fully saturated rings. The van der Waals surface area contributed by atoms with Crippen LogP contribution in [0.4, 0.5) is 30.2 Å². The number of anilines is 3. The number of carbonyl (C=O) groups is 3. The molecule has 9 nitrogen and oxygen atoms in total. The number of benzene rings is 3. The molecule has 0 unspecified atom stereocenters. The number of hydrogen-bond acceptors (Lipinski definition) is 5. The third-order valence-corrected chi connectivity index (χ3v) is 7.30. The van der Waals surface area contributed by atoms with E-state index < -0.39 is 30.5 Å². The van der Waals surface area contributed by atoms with Crippen LogP contribution in [-0.2, 0) is 17.8 Å². The molecule has 1 aliphatic heterocycles. The number of carboxylic acid groups (broad SMARTS) is 1. The molecule has 0 aliphatic carbocycles. The molecule has 3 N–H and O–H groups in total. The molecule has 3 aromatic carbocycles. The van der Waals surface area contributed by atoms with Gasteiger partial charge in [0.1, 0.15) is 6.54 Å². The predicted molar refractivity (Wildman–Crippen MR) is 157 cm³/mol. The van der Waals surface area contributed by atoms with Crippen LogP contribution in [0.15, 0.2) is 60.7 Å². The molecule has 0 spiro atoms. The summed E-state index contributed by atoms with van der Waals surface area (Å²) in [6.45, 7) is 0.0891. The van der Waals surface area contributed by atoms with Gasteiger partial charge < -0.3 is 20.6 Å². The number of nitrogens with one attached hydrogen (secondary N) is 2. The Morgan fingerprint density at radius 2 is 1.63 bits per heavy atom. The molecule has 13 heteroatoms. The Labute approximate surface area is 249 Å². The lowest BCUT2D eigenvalue weighted by atomic mass is 10.1. The van der Waals surface area contributed by atoms with E-state index in [2.05, 4.69) is 20.6 Å². The van der Waals surface area contributed by atoms with Crippen LogP contribution in [0.5, 0.6) is 0 Å². The highest BCUT2D eigenvalue weighted by molar-refractivity contribution is 6.30. The Hall–Kier alpha value is -4.58. The van der Waals surface area contributed by atoms with Gasteiger partial charge in [-0.25, -0.2) is 0 Å². The van der Waals surface area contributed by atoms with Crippen LogP contribution in [0.1, 0.15) is 45.7 Å². The fourth-order valence-corrected chi connectivity index (χ4v) is 5.34. The van der Waals surface area contributed by atoms with Crippen molar-refractivity contribution in [3.05, 3.63) is 82.5 Å². The average Bonchev–Trinajstić information content (AvgIpc) is 3.31. The van der Waals surface area contributed by atoms with Crippen LogP contribution in [0, 0.1) is 0 Å². The SMILES string of the molecule is O=C(O)Cc1cc(Cl)ccc1NC(=O)c1ccc(N2CCCCC2)c(NC(=O)c2nn(CC(F)(F)F)c3ccccc23)c1. The van der Waals surface area contributed by atoms with Crippen molar-refractivity contribution in [3.8, 4) is 0 Å². The lowest BCUT2D eigenvalue weighted by Gasteiger charge is -2.30. The highest BCUT2D eigenvalue weighted by atomic mass is 35.5. The molecular formula is C30H27ClF3N5O4. The number of carbonyl (C=O) groups excluding carboxylic acids is 2. The highest BCUT2D eigenvalue weighted by Crippen LogP contribution is 2.32. The maximum absolute atomic E-state index is 13.5. The van der Waals surface area contributed by atoms with Gasteiger partial charge in [-0.15, -0.1) is 0 Å². The third-order valence-electron chi connectivity index (χ3n) is 7.06. The van der Waals surface area contributed by atoms with E-state index in [9.17, 15) is 32.7 Å². The quantitative estimate of drug-likeness (QED) is 0.213. The van der Waals surface area contributed by atoms with Crippen molar-refractivity contribution in [3.63, 3.8) is 0 Å². The van der Waals surface area contributed by atoms with Crippen LogP contribution < -0.4 is 15.5 Å². The number of fused-ring (bicyclic) bond motifs is 1. The minimum Gasteiger partial charge on any atom is -0.481 e. The Morgan fingerprint density at radius 1 is 0.907 bits per heavy atom. The molecule has 0 bridgehead atoms. The van der Waals surface area contributed by atoms with E-state index in [1.54, 1.807) is 24.3 Å². The topological polar surface area (TPSA) is 117 Å². The number of hydrogen-bond donors (Lipinski definition) is 3. The minimum absolute atomic E-state index is 0.162. The zero-order chi connectivity index (χ0) is 30.7. The lowest BCUT2D eigenvalue weighted by Crippen LogP contribution is -2.30. The van der Waals surface area contributed by atoms with Gasteiger partial charge in [0.15, 0.2) is 5.69 Å². The summed E-state index contributed by atoms with van der Waals surface area (Å²) in [5.41, 5.74) is 1.67. The zero-order valence-electron chi connectivity index (χ0n) is 22.7. The van der Waals surface area contributed by atoms with E-state index in [-0.39, 0.29) is 40.0 Å². The number of aliphatic carboxylic acids is 1. The summed E-state index contributed by atoms with van der Waals surface area (Å²) in [6.07, 6.45) is -1.97. The number of rotatable bonds is 8. The van der Waals surface area contributed by atoms with Crippen molar-refractivity contribution in [1.82, 2.24) is 9.78 Å². The second-order valence-electron chi connectivity index (χ2n) is 10.2. The summed E-state index contributed by atoms with van der Waals surface area (Å²) < 4.78 is 40.4. The van der Waals surface area contributed by atoms with Crippen LogP contribution in [0.3, 0.4) is 0 Å². The second-order valence-corrected chi connectivity index (χ2v) is 10.6. The van der Waals surface area contributed by atoms with Crippen molar-refractivity contribution in [2.75, 3.05) is 28.6 Å². The molecule has 4 aromatic rings. The van der Waals surface area contributed by atoms with Gasteiger partial charge in [-0.2, -0.15) is 18.3 Å². The molecule has 43 heavy (non-hydrogen) atoms. The molecule has 2 amide bonds. The number of carboxylic acids is 1. The summed E-state index contributed by atoms with van der Waals surface area (Å²) >= 11 is 6.02. The summed E-state index contributed by atoms with van der Waals surface area (Å²) in [6, 6.07) is 15.4. The van der Waals surface area contributed by atoms with Crippen molar-refractivity contribution in [1.29, 1.82) is 0 Å². The number of halogens is 4. The van der Waals surface area contributed by atoms with Crippen molar-refractivity contribution < 1.29 is 32.7 Å². The van der Waals surface area contributed by atoms with Crippen LogP contribution >= 0.6 is 11.6 Å². The molecule has 5 rings (SSSR count). The van der Waals surface area contributed by atoms with E-state index in [1.807, 2.05) is 0 Å². The van der Waals surface area contributed by atoms with Gasteiger partial charge in [0.2, 0.25) is 0 Å². The molecule has 1 aliphatic rings. The maximum Gasteiger partial charge on any atom is 0.408 e. The summed E-state index contributed by atoms with van der Waals surface area (Å²) in [5, 5.41) is 19.3. The second kappa shape index (κ2) is 12.3. The van der Waals surface area contributed by atoms with Gasteiger partial charge in [0.25, 0.3) is 11.8 Å². The Morgan fingerprint density at radius 3 is 2.35 bits per heavy atom. The summed E-state index contributed by atoms with van der Waals surface area (Å²) in [5.74, 6) is -2.39. The van der Waals surface area contributed by atoms with Gasteiger partial charge in [-0.05, 0) is 67.3 Å². The minimum atomic E-state index is -4.54. The van der Waals surface area contributed by atoms with Crippen molar-refractivity contribution in [2.45, 2.75) is 38.4 Å². The molecule has 1 aromatic heterocycles. The maximum atomic E-state index is 13.5. The first-order valence-corrected chi connectivity index (χ1v) is 13.9. The standard InChI is InChI=1S/C30H27ClF3N5O4/c31-20-9-10-22(19(14-20)16-26(40)41)35-28(42)18-8-11-25(38-12-4-1-5-13-38)23(15-18)36-29(43)27-21-6-2-3-7-24(21)39(37-27)17-30(32,33)34/h2-3,6-11,14-15H,1,4-5,12-13,16-17H2,(H,35,42)(H,36,43)(H,40,41). The molecule has 224 valence electrons. The first kappa shape index (κ1) is 29.9. The molecule has 0 saturated carbocycles. The Balaban J connectivity index is 1.48. The monoisotopic (exact) mass is 613 g/mol. The molecule has 2 heterocycles. The predicted octanol–water partition coefficient (Wildman–Crippen LogP) is 6.37. The average molecular weight is 614 g/mol. The molecule has 0 atom stereocenters. The van der Waals surface area contributed by atoms with Gasteiger partial charge in [0, 0.05) is 34.7 Å². The molecule has 0 radical (unpaired) electrons. The number of nitrogens with zero attached hydrogens (tertiary/aromatic N) is 3. The van der Waals surface area contributed by atoms with E-state index in [4.69, 9.17) is 11.6 Å². The molecular weight excluding hydrogens is 587 g/mol. The number of aromatic nitrogens is 2. The fraction of sp³-hybridized carbons (Fsp3) is 0.267. The first-order chi connectivity index (χ1) is 20.5. The first-order valence-electron chi connectivity index (χ1n) is 13.5. The zero-order valence-corrected chi connectivity index (χ0v) is 23.5. The Kier molecular flexibility index (Phi) is 8.58. The van der Waals surface area contributed by atoms with Crippen molar-refractivity contribution >= 4 is 57.3 Å². The smallest absolute Gasteiger partial charge is 0.408 e. The van der Waals surface area contributed by atoms with E-state index >= 15 is 0 Å². The lowest BCUT2D eigenvalue weighted by molar-refractivity contribution is -0.142. The van der Waals surface area contributed by atoms with Gasteiger partial charge in [0.05, 0.1) is 23.3 Å². The Bertz CT molecular complexity index is 1700. The van der Waals surface area contributed by atoms with E-state index in [0.717, 1.165) is 37.0 Å². The van der Waals surface area contributed by atoms with E-state index in [1.165, 1.54) is 36.4 Å². The number of piperidine rings is 1. The highest BCUT2D eigenvalue weighted by Gasteiger charge is 2.31. The van der Waals surface area contributed by atoms with Gasteiger partial charge in [-0.3, -0.25) is 19.1 Å². The summed E-state index contributed by atoms with van der Waals surface area (Å²) in [7, 11) is 0. The van der Waals surface area contributed by atoms with E-state index in [0.29, 0.717) is 16.3 Å². The van der Waals surface area contributed by atoms with Gasteiger partial charge >= 0.3 is 12.1 Å². The molecule has 1 saturated heterocycles. The normalized spacial score (nSPS) is 13.6. The summed E-state index contributed by atoms with van der Waals surface area (Å²) in [4.78, 5) is 40.2. The van der Waals surface area contributed by atoms with Crippen LogP contribution in [0.2, 0.25) is 5.02 Å². The fourth-order valence-electron chi connectivity index (χ4n) is 5.14. The van der Waals surface area contributed by atoms with Crippen molar-refractivity contribution in [2.24, 2.45) is 0 Å². The number of para-hydroxylation sites is 1. The number of amides is 2. The largest absolute Gasteiger partial charge is 0.481 e.